The first-order valence-corrected chi connectivity index (χ1v) is 17.7. The number of hydrogen-bond donors (Lipinski definition) is 1. The van der Waals surface area contributed by atoms with Gasteiger partial charge in [-0.15, -0.1) is 0 Å². The van der Waals surface area contributed by atoms with Gasteiger partial charge in [0.2, 0.25) is 0 Å². The fraction of sp³-hybridized carbons (Fsp3) is 0.917. The lowest BCUT2D eigenvalue weighted by atomic mass is 10.0. The summed E-state index contributed by atoms with van der Waals surface area (Å²) in [5, 5.41) is 8.78. The van der Waals surface area contributed by atoms with E-state index < -0.39 is 0 Å². The van der Waals surface area contributed by atoms with Crippen molar-refractivity contribution in [1.82, 2.24) is 0 Å². The second-order valence-corrected chi connectivity index (χ2v) is 11.9. The minimum atomic E-state index is 0.00936. The van der Waals surface area contributed by atoms with Crippen LogP contribution in [0.15, 0.2) is 12.2 Å². The Morgan fingerprint density at radius 3 is 1.28 bits per heavy atom. The highest BCUT2D eigenvalue weighted by Crippen LogP contribution is 2.15. The number of aliphatic hydroxyl groups is 1. The van der Waals surface area contributed by atoms with Gasteiger partial charge in [0.25, 0.3) is 0 Å². The highest BCUT2D eigenvalue weighted by atomic mass is 16.5. The number of esters is 1. The average molecular weight is 551 g/mol. The Bertz CT molecular complexity index is 488. The average Bonchev–Trinajstić information content (AvgIpc) is 2.94. The Morgan fingerprint density at radius 1 is 0.487 bits per heavy atom. The topological polar surface area (TPSA) is 46.5 Å². The molecule has 0 aliphatic carbocycles. The van der Waals surface area contributed by atoms with Crippen molar-refractivity contribution in [3.63, 3.8) is 0 Å². The highest BCUT2D eigenvalue weighted by molar-refractivity contribution is 5.69. The molecule has 1 N–H and O–H groups in total. The van der Waals surface area contributed by atoms with Gasteiger partial charge in [-0.05, 0) is 38.5 Å². The van der Waals surface area contributed by atoms with Gasteiger partial charge >= 0.3 is 5.97 Å². The number of rotatable bonds is 33. The lowest BCUT2D eigenvalue weighted by Crippen LogP contribution is -2.05. The van der Waals surface area contributed by atoms with Crippen LogP contribution in [0.5, 0.6) is 0 Å². The molecule has 0 spiro atoms. The van der Waals surface area contributed by atoms with E-state index in [9.17, 15) is 4.79 Å². The van der Waals surface area contributed by atoms with Gasteiger partial charge in [0.1, 0.15) is 0 Å². The molecule has 0 aliphatic heterocycles. The van der Waals surface area contributed by atoms with Crippen molar-refractivity contribution in [2.45, 2.75) is 200 Å². The van der Waals surface area contributed by atoms with E-state index in [1.807, 2.05) is 0 Å². The van der Waals surface area contributed by atoms with Crippen molar-refractivity contribution in [3.8, 4) is 0 Å². The molecule has 0 atom stereocenters. The zero-order chi connectivity index (χ0) is 28.3. The molecule has 0 rings (SSSR count). The van der Waals surface area contributed by atoms with Crippen LogP contribution in [0, 0.1) is 0 Å². The standard InChI is InChI=1S/C36H70O3/c1-2-3-4-5-6-7-18-21-24-27-30-33-36(38)39-35-32-29-26-23-20-17-15-13-11-9-8-10-12-14-16-19-22-25-28-31-34-37/h5-6,37H,2-4,7-35H2,1H3/b6-5-. The Kier molecular flexibility index (Phi) is 34.4. The van der Waals surface area contributed by atoms with E-state index in [0.717, 1.165) is 25.7 Å². The van der Waals surface area contributed by atoms with Gasteiger partial charge in [-0.25, -0.2) is 0 Å². The number of carbonyl (C=O) groups excluding carboxylic acids is 1. The van der Waals surface area contributed by atoms with Crippen molar-refractivity contribution >= 4 is 5.97 Å². The lowest BCUT2D eigenvalue weighted by molar-refractivity contribution is -0.143. The zero-order valence-electron chi connectivity index (χ0n) is 26.5. The maximum atomic E-state index is 11.9. The van der Waals surface area contributed by atoms with E-state index in [0.29, 0.717) is 19.6 Å². The fourth-order valence-corrected chi connectivity index (χ4v) is 5.27. The number of hydrogen-bond acceptors (Lipinski definition) is 3. The SMILES string of the molecule is CCCC/C=C\CCCCCCCC(=O)OCCCCCCCCCCCCCCCCCCCCCCO. The fourth-order valence-electron chi connectivity index (χ4n) is 5.27. The predicted octanol–water partition coefficient (Wildman–Crippen LogP) is 11.8. The van der Waals surface area contributed by atoms with Gasteiger partial charge in [-0.3, -0.25) is 4.79 Å². The van der Waals surface area contributed by atoms with Crippen LogP contribution in [-0.4, -0.2) is 24.3 Å². The molecular weight excluding hydrogens is 480 g/mol. The summed E-state index contributed by atoms with van der Waals surface area (Å²) >= 11 is 0. The second kappa shape index (κ2) is 35.2. The van der Waals surface area contributed by atoms with Crippen LogP contribution in [0.25, 0.3) is 0 Å². The Labute approximate surface area is 245 Å². The number of unbranched alkanes of at least 4 members (excludes halogenated alkanes) is 26. The third-order valence-electron chi connectivity index (χ3n) is 7.96. The molecule has 0 fully saturated rings. The molecule has 0 aromatic heterocycles. The summed E-state index contributed by atoms with van der Waals surface area (Å²) in [6.07, 6.45) is 42.9. The Hall–Kier alpha value is -0.830. The number of allylic oxidation sites excluding steroid dienone is 2. The van der Waals surface area contributed by atoms with Gasteiger partial charge in [-0.2, -0.15) is 0 Å². The number of ether oxygens (including phenoxy) is 1. The second-order valence-electron chi connectivity index (χ2n) is 11.9. The van der Waals surface area contributed by atoms with Crippen molar-refractivity contribution in [2.24, 2.45) is 0 Å². The molecule has 232 valence electrons. The van der Waals surface area contributed by atoms with Crippen LogP contribution in [-0.2, 0) is 9.53 Å². The van der Waals surface area contributed by atoms with Gasteiger partial charge in [-0.1, -0.05) is 167 Å². The first-order valence-electron chi connectivity index (χ1n) is 17.7. The summed E-state index contributed by atoms with van der Waals surface area (Å²) in [6.45, 7) is 3.22. The molecule has 0 aromatic rings. The van der Waals surface area contributed by atoms with E-state index in [1.165, 1.54) is 161 Å². The monoisotopic (exact) mass is 551 g/mol. The Balaban J connectivity index is 3.15. The summed E-state index contributed by atoms with van der Waals surface area (Å²) in [5.41, 5.74) is 0. The molecule has 0 bridgehead atoms. The molecule has 3 heteroatoms. The molecule has 0 unspecified atom stereocenters. The van der Waals surface area contributed by atoms with Crippen LogP contribution >= 0.6 is 0 Å². The quantitative estimate of drug-likeness (QED) is 0.0502. The first kappa shape index (κ1) is 38.2. The minimum absolute atomic E-state index is 0.00936. The largest absolute Gasteiger partial charge is 0.466 e. The maximum absolute atomic E-state index is 11.9. The molecule has 3 nitrogen and oxygen atoms in total. The molecular formula is C36H70O3. The molecule has 0 radical (unpaired) electrons. The summed E-state index contributed by atoms with van der Waals surface area (Å²) in [4.78, 5) is 11.9. The van der Waals surface area contributed by atoms with E-state index in [-0.39, 0.29) is 5.97 Å². The molecule has 0 saturated heterocycles. The molecule has 0 heterocycles. The first-order chi connectivity index (χ1) is 19.3. The van der Waals surface area contributed by atoms with Crippen LogP contribution in [0.2, 0.25) is 0 Å². The predicted molar refractivity (Wildman–Crippen MR) is 171 cm³/mol. The minimum Gasteiger partial charge on any atom is -0.466 e. The molecule has 0 amide bonds. The van der Waals surface area contributed by atoms with Crippen LogP contribution in [0.1, 0.15) is 200 Å². The summed E-state index contributed by atoms with van der Waals surface area (Å²) in [5.74, 6) is 0.00936. The summed E-state index contributed by atoms with van der Waals surface area (Å²) in [7, 11) is 0. The van der Waals surface area contributed by atoms with E-state index in [2.05, 4.69) is 19.1 Å². The van der Waals surface area contributed by atoms with Crippen LogP contribution < -0.4 is 0 Å². The molecule has 0 aromatic carbocycles. The Morgan fingerprint density at radius 2 is 0.846 bits per heavy atom. The van der Waals surface area contributed by atoms with E-state index >= 15 is 0 Å². The summed E-state index contributed by atoms with van der Waals surface area (Å²) in [6, 6.07) is 0. The van der Waals surface area contributed by atoms with E-state index in [4.69, 9.17) is 9.84 Å². The molecule has 0 saturated carbocycles. The smallest absolute Gasteiger partial charge is 0.305 e. The maximum Gasteiger partial charge on any atom is 0.305 e. The third kappa shape index (κ3) is 35.1. The van der Waals surface area contributed by atoms with Crippen molar-refractivity contribution in [1.29, 1.82) is 0 Å². The molecule has 0 aliphatic rings. The highest BCUT2D eigenvalue weighted by Gasteiger charge is 2.02. The van der Waals surface area contributed by atoms with Crippen molar-refractivity contribution < 1.29 is 14.6 Å². The van der Waals surface area contributed by atoms with Gasteiger partial charge in [0.15, 0.2) is 0 Å². The number of carbonyl (C=O) groups is 1. The lowest BCUT2D eigenvalue weighted by Gasteiger charge is -2.06. The van der Waals surface area contributed by atoms with Gasteiger partial charge in [0.05, 0.1) is 6.61 Å². The van der Waals surface area contributed by atoms with Crippen LogP contribution in [0.4, 0.5) is 0 Å². The zero-order valence-corrected chi connectivity index (χ0v) is 26.5. The third-order valence-corrected chi connectivity index (χ3v) is 7.96. The summed E-state index contributed by atoms with van der Waals surface area (Å²) < 4.78 is 5.42. The normalized spacial score (nSPS) is 11.5. The van der Waals surface area contributed by atoms with Gasteiger partial charge in [0, 0.05) is 13.0 Å². The van der Waals surface area contributed by atoms with Crippen LogP contribution in [0.3, 0.4) is 0 Å². The van der Waals surface area contributed by atoms with Crippen molar-refractivity contribution in [2.75, 3.05) is 13.2 Å². The van der Waals surface area contributed by atoms with Crippen molar-refractivity contribution in [3.05, 3.63) is 12.2 Å². The molecule has 39 heavy (non-hydrogen) atoms. The van der Waals surface area contributed by atoms with E-state index in [1.54, 1.807) is 0 Å². The number of aliphatic hydroxyl groups excluding tert-OH is 1. The van der Waals surface area contributed by atoms with Gasteiger partial charge < -0.3 is 9.84 Å².